The molecule has 0 fully saturated rings. The molecule has 2 aromatic rings. The van der Waals surface area contributed by atoms with Crippen molar-refractivity contribution in [2.45, 2.75) is 11.5 Å². The molecule has 0 aliphatic carbocycles. The highest BCUT2D eigenvalue weighted by molar-refractivity contribution is 5.93. The van der Waals surface area contributed by atoms with Crippen LogP contribution in [0.25, 0.3) is 0 Å². The van der Waals surface area contributed by atoms with E-state index in [4.69, 9.17) is 0 Å². The van der Waals surface area contributed by atoms with E-state index in [-0.39, 0.29) is 0 Å². The Morgan fingerprint density at radius 1 is 0.842 bits per heavy atom. The molecule has 3 heteroatoms. The molecule has 0 saturated carbocycles. The molecular weight excluding hydrogens is 240 g/mol. The van der Waals surface area contributed by atoms with E-state index >= 15 is 0 Å². The molecule has 1 unspecified atom stereocenters. The van der Waals surface area contributed by atoms with Crippen LogP contribution in [0, 0.1) is 0 Å². The monoisotopic (exact) mass is 254 g/mol. The SMILES string of the molecule is O=CC(C=O)(c1ccccc1)C(O)c1ccccc1. The summed E-state index contributed by atoms with van der Waals surface area (Å²) in [7, 11) is 0. The second-order valence-corrected chi connectivity index (χ2v) is 4.35. The number of carbonyl (C=O) groups is 2. The Labute approximate surface area is 111 Å². The summed E-state index contributed by atoms with van der Waals surface area (Å²) in [6.07, 6.45) is -0.189. The summed E-state index contributed by atoms with van der Waals surface area (Å²) in [5.41, 5.74) is -0.551. The highest BCUT2D eigenvalue weighted by Crippen LogP contribution is 2.34. The summed E-state index contributed by atoms with van der Waals surface area (Å²) >= 11 is 0. The largest absolute Gasteiger partial charge is 0.387 e. The van der Waals surface area contributed by atoms with E-state index in [9.17, 15) is 14.7 Å². The predicted molar refractivity (Wildman–Crippen MR) is 71.6 cm³/mol. The predicted octanol–water partition coefficient (Wildman–Crippen LogP) is 2.06. The van der Waals surface area contributed by atoms with Crippen LogP contribution in [0.1, 0.15) is 17.2 Å². The van der Waals surface area contributed by atoms with E-state index in [1.54, 1.807) is 54.6 Å². The lowest BCUT2D eigenvalue weighted by atomic mass is 9.75. The zero-order chi connectivity index (χ0) is 13.7. The molecule has 0 aromatic heterocycles. The fourth-order valence-corrected chi connectivity index (χ4v) is 2.09. The van der Waals surface area contributed by atoms with Gasteiger partial charge in [0.15, 0.2) is 0 Å². The van der Waals surface area contributed by atoms with Gasteiger partial charge in [0.25, 0.3) is 0 Å². The maximum atomic E-state index is 11.5. The van der Waals surface area contributed by atoms with Gasteiger partial charge in [0.2, 0.25) is 0 Å². The van der Waals surface area contributed by atoms with E-state index in [0.717, 1.165) is 0 Å². The minimum absolute atomic E-state index is 0.483. The zero-order valence-corrected chi connectivity index (χ0v) is 10.3. The highest BCUT2D eigenvalue weighted by atomic mass is 16.3. The van der Waals surface area contributed by atoms with Crippen molar-refractivity contribution in [1.29, 1.82) is 0 Å². The van der Waals surface area contributed by atoms with Crippen molar-refractivity contribution in [2.24, 2.45) is 0 Å². The van der Waals surface area contributed by atoms with E-state index in [2.05, 4.69) is 0 Å². The molecule has 19 heavy (non-hydrogen) atoms. The van der Waals surface area contributed by atoms with E-state index in [0.29, 0.717) is 23.7 Å². The lowest BCUT2D eigenvalue weighted by Crippen LogP contribution is -2.37. The fraction of sp³-hybridized carbons (Fsp3) is 0.125. The molecule has 0 saturated heterocycles. The Hall–Kier alpha value is -2.26. The van der Waals surface area contributed by atoms with Crippen molar-refractivity contribution in [1.82, 2.24) is 0 Å². The molecule has 1 N–H and O–H groups in total. The molecule has 1 atom stereocenters. The molecule has 0 aliphatic rings. The zero-order valence-electron chi connectivity index (χ0n) is 10.3. The summed E-state index contributed by atoms with van der Waals surface area (Å²) in [6, 6.07) is 17.3. The minimum atomic E-state index is -1.57. The van der Waals surface area contributed by atoms with Crippen molar-refractivity contribution >= 4 is 12.6 Å². The number of hydrogen-bond donors (Lipinski definition) is 1. The van der Waals surface area contributed by atoms with Crippen molar-refractivity contribution < 1.29 is 14.7 Å². The maximum absolute atomic E-state index is 11.5. The standard InChI is InChI=1S/C16H14O3/c17-11-16(12-18,14-9-5-2-6-10-14)15(19)13-7-3-1-4-8-13/h1-12,15,19H. The van der Waals surface area contributed by atoms with Crippen LogP contribution in [0.15, 0.2) is 60.7 Å². The second-order valence-electron chi connectivity index (χ2n) is 4.35. The van der Waals surface area contributed by atoms with Gasteiger partial charge in [-0.15, -0.1) is 0 Å². The van der Waals surface area contributed by atoms with Crippen LogP contribution in [0.4, 0.5) is 0 Å². The fourth-order valence-electron chi connectivity index (χ4n) is 2.09. The molecule has 3 nitrogen and oxygen atoms in total. The molecule has 0 bridgehead atoms. The quantitative estimate of drug-likeness (QED) is 0.656. The minimum Gasteiger partial charge on any atom is -0.387 e. The highest BCUT2D eigenvalue weighted by Gasteiger charge is 2.40. The Morgan fingerprint density at radius 2 is 1.32 bits per heavy atom. The molecule has 96 valence electrons. The van der Waals surface area contributed by atoms with Gasteiger partial charge in [-0.1, -0.05) is 60.7 Å². The van der Waals surface area contributed by atoms with Gasteiger partial charge in [0.05, 0.1) is 0 Å². The van der Waals surface area contributed by atoms with Gasteiger partial charge in [-0.25, -0.2) is 0 Å². The van der Waals surface area contributed by atoms with Crippen molar-refractivity contribution in [3.8, 4) is 0 Å². The Bertz CT molecular complexity index is 541. The second kappa shape index (κ2) is 5.59. The van der Waals surface area contributed by atoms with Crippen molar-refractivity contribution in [2.75, 3.05) is 0 Å². The molecule has 2 rings (SSSR count). The molecule has 0 radical (unpaired) electrons. The number of benzene rings is 2. The van der Waals surface area contributed by atoms with Gasteiger partial charge in [-0.2, -0.15) is 0 Å². The summed E-state index contributed by atoms with van der Waals surface area (Å²) in [4.78, 5) is 23.0. The third kappa shape index (κ3) is 2.33. The van der Waals surface area contributed by atoms with E-state index in [1.807, 2.05) is 6.07 Å². The molecule has 0 heterocycles. The smallest absolute Gasteiger partial charge is 0.140 e. The van der Waals surface area contributed by atoms with Crippen LogP contribution < -0.4 is 0 Å². The first kappa shape index (κ1) is 13.2. The van der Waals surface area contributed by atoms with Crippen LogP contribution in [0.3, 0.4) is 0 Å². The Morgan fingerprint density at radius 3 is 1.79 bits per heavy atom. The van der Waals surface area contributed by atoms with Gasteiger partial charge in [0, 0.05) is 0 Å². The number of aliphatic hydroxyl groups is 1. The lowest BCUT2D eigenvalue weighted by molar-refractivity contribution is -0.126. The lowest BCUT2D eigenvalue weighted by Gasteiger charge is -2.28. The summed E-state index contributed by atoms with van der Waals surface area (Å²) in [5, 5.41) is 10.4. The molecule has 2 aromatic carbocycles. The van der Waals surface area contributed by atoms with Crippen LogP contribution in [0.5, 0.6) is 0 Å². The van der Waals surface area contributed by atoms with Gasteiger partial charge in [-0.3, -0.25) is 0 Å². The molecular formula is C16H14O3. The van der Waals surface area contributed by atoms with Crippen molar-refractivity contribution in [3.63, 3.8) is 0 Å². The van der Waals surface area contributed by atoms with Gasteiger partial charge in [0.1, 0.15) is 24.1 Å². The number of rotatable bonds is 5. The first-order valence-electron chi connectivity index (χ1n) is 5.96. The van der Waals surface area contributed by atoms with Crippen molar-refractivity contribution in [3.05, 3.63) is 71.8 Å². The molecule has 0 amide bonds. The maximum Gasteiger partial charge on any atom is 0.140 e. The van der Waals surface area contributed by atoms with E-state index < -0.39 is 11.5 Å². The summed E-state index contributed by atoms with van der Waals surface area (Å²) in [6.45, 7) is 0. The number of carbonyl (C=O) groups excluding carboxylic acids is 2. The van der Waals surface area contributed by atoms with Crippen LogP contribution >= 0.6 is 0 Å². The Kier molecular flexibility index (Phi) is 3.88. The molecule has 0 spiro atoms. The Balaban J connectivity index is 2.52. The third-order valence-corrected chi connectivity index (χ3v) is 3.23. The summed E-state index contributed by atoms with van der Waals surface area (Å²) in [5.74, 6) is 0. The normalized spacial score (nSPS) is 12.7. The average Bonchev–Trinajstić information content (AvgIpc) is 2.51. The first-order chi connectivity index (χ1) is 9.24. The van der Waals surface area contributed by atoms with Crippen LogP contribution in [0.2, 0.25) is 0 Å². The number of aliphatic hydroxyl groups excluding tert-OH is 1. The average molecular weight is 254 g/mol. The van der Waals surface area contributed by atoms with Gasteiger partial charge in [-0.05, 0) is 11.1 Å². The topological polar surface area (TPSA) is 54.4 Å². The summed E-state index contributed by atoms with van der Waals surface area (Å²) < 4.78 is 0. The van der Waals surface area contributed by atoms with Gasteiger partial charge >= 0.3 is 0 Å². The van der Waals surface area contributed by atoms with Crippen LogP contribution in [-0.2, 0) is 15.0 Å². The number of hydrogen-bond acceptors (Lipinski definition) is 3. The van der Waals surface area contributed by atoms with Crippen LogP contribution in [-0.4, -0.2) is 17.7 Å². The molecule has 0 aliphatic heterocycles. The third-order valence-electron chi connectivity index (χ3n) is 3.23. The first-order valence-corrected chi connectivity index (χ1v) is 5.96. The number of aldehydes is 2. The van der Waals surface area contributed by atoms with Gasteiger partial charge < -0.3 is 14.7 Å². The van der Waals surface area contributed by atoms with E-state index in [1.165, 1.54) is 0 Å².